The fourth-order valence-corrected chi connectivity index (χ4v) is 5.74. The van der Waals surface area contributed by atoms with Gasteiger partial charge in [-0.2, -0.15) is 0 Å². The van der Waals surface area contributed by atoms with Crippen LogP contribution in [0.3, 0.4) is 0 Å². The molecule has 356 valence electrons. The Hall–Kier alpha value is -6.95. The Labute approximate surface area is 385 Å². The molecule has 66 heavy (non-hydrogen) atoms. The molecule has 0 radical (unpaired) electrons. The SMILES string of the molecule is CC(C)(C)OC(=O)NCCCC[C@@H](NC(=O)c1cccc(N=[N+]=N)c1)C(=O)CCl.CC(C)(C)OC(=O)NCCCC[C@@H](NC(=O)c1cccc(N=[N+]=N)c1)C(=O)COc1c(F)cccc1F. The number of alkyl carbamates (subject to hydrolysis) is 2. The summed E-state index contributed by atoms with van der Waals surface area (Å²) in [5.41, 5.74) is 13.5. The number of alkyl halides is 1. The van der Waals surface area contributed by atoms with Gasteiger partial charge < -0.3 is 35.5 Å². The first-order valence-electron chi connectivity index (χ1n) is 20.7. The van der Waals surface area contributed by atoms with Crippen LogP contribution in [0.5, 0.6) is 5.75 Å². The van der Waals surface area contributed by atoms with Crippen molar-refractivity contribution in [2.75, 3.05) is 25.6 Å². The van der Waals surface area contributed by atoms with Gasteiger partial charge in [0, 0.05) is 24.2 Å². The van der Waals surface area contributed by atoms with Gasteiger partial charge in [0.15, 0.2) is 50.6 Å². The van der Waals surface area contributed by atoms with E-state index in [1.54, 1.807) is 71.9 Å². The van der Waals surface area contributed by atoms with E-state index in [0.29, 0.717) is 49.9 Å². The van der Waals surface area contributed by atoms with Crippen LogP contribution in [-0.2, 0) is 19.1 Å². The van der Waals surface area contributed by atoms with E-state index in [9.17, 15) is 37.5 Å². The Balaban J connectivity index is 0.000000468. The maximum Gasteiger partial charge on any atom is 0.407 e. The highest BCUT2D eigenvalue weighted by Gasteiger charge is 2.25. The van der Waals surface area contributed by atoms with Crippen LogP contribution in [-0.4, -0.2) is 84.4 Å². The van der Waals surface area contributed by atoms with E-state index in [2.05, 4.69) is 41.3 Å². The Bertz CT molecular complexity index is 2220. The van der Waals surface area contributed by atoms with Crippen LogP contribution in [0, 0.1) is 22.7 Å². The standard InChI is InChI=1S/C25H29F2N5O5.C19H26ClN5O4/c1-25(2,3)37-24(35)29-13-5-4-12-20(21(33)15-36-22-18(26)10-7-11-19(22)27)30-23(34)16-8-6-9-17(14-16)31-32-28;1-19(2,3)29-18(28)22-10-5-4-9-15(16(26)12-20)23-17(27)13-7-6-8-14(11-13)24-25-21/h6-11,14,20,28H,4-5,12-13,15H2,1-3H3,(H-,29,30,34,35);6-8,11,15,21H,4-5,9-10,12H2,1-3H3,(H-,22,23,27,28)/p+2/t20-;15-/m11/s1. The number of rotatable bonds is 22. The lowest BCUT2D eigenvalue weighted by atomic mass is 10.0. The Morgan fingerprint density at radius 2 is 1.06 bits per heavy atom. The zero-order valence-corrected chi connectivity index (χ0v) is 38.4. The fraction of sp³-hybridized carbons (Fsp3) is 0.455. The molecule has 0 heterocycles. The lowest BCUT2D eigenvalue weighted by Crippen LogP contribution is -2.43. The minimum atomic E-state index is -1.04. The molecule has 0 aliphatic carbocycles. The maximum atomic E-state index is 13.9. The van der Waals surface area contributed by atoms with Gasteiger partial charge in [0.2, 0.25) is 9.82 Å². The summed E-state index contributed by atoms with van der Waals surface area (Å²) in [7, 11) is 0. The van der Waals surface area contributed by atoms with Crippen LogP contribution >= 0.6 is 11.6 Å². The van der Waals surface area contributed by atoms with E-state index in [4.69, 9.17) is 36.9 Å². The van der Waals surface area contributed by atoms with Crippen molar-refractivity contribution >= 4 is 58.5 Å². The molecule has 0 saturated heterocycles. The van der Waals surface area contributed by atoms with Gasteiger partial charge in [0.25, 0.3) is 11.8 Å². The van der Waals surface area contributed by atoms with Gasteiger partial charge in [-0.1, -0.05) is 18.2 Å². The third-order valence-corrected chi connectivity index (χ3v) is 8.78. The molecule has 4 amide bonds. The number of benzene rings is 3. The first-order chi connectivity index (χ1) is 31.2. The van der Waals surface area contributed by atoms with Crippen molar-refractivity contribution in [2.24, 2.45) is 10.2 Å². The molecule has 0 fully saturated rings. The highest BCUT2D eigenvalue weighted by molar-refractivity contribution is 6.28. The number of para-hydroxylation sites is 1. The molecule has 3 aromatic rings. The summed E-state index contributed by atoms with van der Waals surface area (Å²) < 4.78 is 43.1. The predicted octanol–water partition coefficient (Wildman–Crippen LogP) is 8.06. The van der Waals surface area contributed by atoms with Crippen LogP contribution < -0.4 is 35.8 Å². The quantitative estimate of drug-likeness (QED) is 0.0246. The van der Waals surface area contributed by atoms with Crippen LogP contribution in [0.1, 0.15) is 101 Å². The van der Waals surface area contributed by atoms with E-state index in [0.717, 1.165) is 12.1 Å². The van der Waals surface area contributed by atoms with Gasteiger partial charge in [0.05, 0.1) is 18.0 Å². The maximum absolute atomic E-state index is 13.9. The van der Waals surface area contributed by atoms with E-state index in [1.165, 1.54) is 24.3 Å². The summed E-state index contributed by atoms with van der Waals surface area (Å²) >= 11 is 5.66. The van der Waals surface area contributed by atoms with Crippen LogP contribution in [0.2, 0.25) is 0 Å². The second-order valence-electron chi connectivity index (χ2n) is 16.3. The number of ketones is 2. The minimum Gasteiger partial charge on any atom is -0.480 e. The molecular formula is C44H57ClF2N10O9+2. The molecule has 0 spiro atoms. The van der Waals surface area contributed by atoms with Crippen molar-refractivity contribution in [3.05, 3.63) is 89.5 Å². The number of carbonyl (C=O) groups excluding carboxylic acids is 6. The molecule has 22 heteroatoms. The highest BCUT2D eigenvalue weighted by atomic mass is 35.5. The second kappa shape index (κ2) is 28.1. The summed E-state index contributed by atoms with van der Waals surface area (Å²) in [6, 6.07) is 13.6. The normalized spacial score (nSPS) is 11.7. The second-order valence-corrected chi connectivity index (χ2v) is 16.6. The van der Waals surface area contributed by atoms with E-state index < -0.39 is 77.1 Å². The summed E-state index contributed by atoms with van der Waals surface area (Å²) in [4.78, 5) is 79.4. The first-order valence-corrected chi connectivity index (χ1v) is 21.3. The monoisotopic (exact) mass is 942 g/mol. The number of carbonyl (C=O) groups is 6. The van der Waals surface area contributed by atoms with E-state index in [-0.39, 0.29) is 35.9 Å². The van der Waals surface area contributed by atoms with Gasteiger partial charge in [-0.25, -0.2) is 18.4 Å². The fourth-order valence-electron chi connectivity index (χ4n) is 5.56. The number of nitrogens with one attached hydrogen (secondary N) is 6. The third kappa shape index (κ3) is 22.1. The smallest absolute Gasteiger partial charge is 0.407 e. The molecule has 6 N–H and O–H groups in total. The number of amides is 4. The molecule has 3 rings (SSSR count). The van der Waals surface area contributed by atoms with Gasteiger partial charge >= 0.3 is 12.2 Å². The van der Waals surface area contributed by atoms with Crippen molar-refractivity contribution in [1.29, 1.82) is 11.1 Å². The van der Waals surface area contributed by atoms with Crippen LogP contribution in [0.15, 0.2) is 77.0 Å². The molecule has 0 unspecified atom stereocenters. The summed E-state index contributed by atoms with van der Waals surface area (Å²) in [5.74, 6) is -4.74. The topological polar surface area (TPSA) is 279 Å². The van der Waals surface area contributed by atoms with Crippen LogP contribution in [0.4, 0.5) is 29.7 Å². The average molecular weight is 943 g/mol. The van der Waals surface area contributed by atoms with Gasteiger partial charge in [0.1, 0.15) is 28.9 Å². The number of unbranched alkanes of at least 4 members (excludes halogenated alkanes) is 2. The zero-order chi connectivity index (χ0) is 49.3. The van der Waals surface area contributed by atoms with Crippen LogP contribution in [0.25, 0.3) is 0 Å². The Kier molecular flexibility index (Phi) is 23.5. The summed E-state index contributed by atoms with van der Waals surface area (Å²) in [6.07, 6.45) is 1.60. The molecular weight excluding hydrogens is 886 g/mol. The van der Waals surface area contributed by atoms with Crippen molar-refractivity contribution in [3.8, 4) is 5.75 Å². The van der Waals surface area contributed by atoms with Crippen molar-refractivity contribution in [1.82, 2.24) is 31.1 Å². The molecule has 0 aromatic heterocycles. The molecule has 0 bridgehead atoms. The number of nitrogens with zero attached hydrogens (tertiary/aromatic N) is 4. The highest BCUT2D eigenvalue weighted by Crippen LogP contribution is 2.21. The van der Waals surface area contributed by atoms with Crippen molar-refractivity contribution in [3.63, 3.8) is 0 Å². The summed E-state index contributed by atoms with van der Waals surface area (Å²) in [5, 5.41) is 17.7. The molecule has 0 aliphatic heterocycles. The number of Topliss-reactive ketones (excluding diaryl/α,β-unsaturated/α-hetero) is 2. The van der Waals surface area contributed by atoms with Gasteiger partial charge in [-0.15, -0.1) is 11.6 Å². The number of ether oxygens (including phenoxy) is 3. The molecule has 19 nitrogen and oxygen atoms in total. The molecule has 0 saturated carbocycles. The van der Waals surface area contributed by atoms with E-state index >= 15 is 0 Å². The van der Waals surface area contributed by atoms with E-state index in [1.807, 2.05) is 0 Å². The van der Waals surface area contributed by atoms with Gasteiger partial charge in [-0.3, -0.25) is 19.2 Å². The molecule has 0 aliphatic rings. The Morgan fingerprint density at radius 3 is 1.45 bits per heavy atom. The van der Waals surface area contributed by atoms with Crippen molar-refractivity contribution < 1.29 is 51.8 Å². The number of hydrogen-bond donors (Lipinski definition) is 6. The summed E-state index contributed by atoms with van der Waals surface area (Å²) in [6.45, 7) is 10.6. The Morgan fingerprint density at radius 1 is 0.652 bits per heavy atom. The average Bonchev–Trinajstić information content (AvgIpc) is 3.24. The zero-order valence-electron chi connectivity index (χ0n) is 37.7. The molecule has 2 atom stereocenters. The third-order valence-electron chi connectivity index (χ3n) is 8.52. The lowest BCUT2D eigenvalue weighted by molar-refractivity contribution is -0.123. The minimum absolute atomic E-state index is 0.176. The number of hydrogen-bond acceptors (Lipinski definition) is 13. The lowest BCUT2D eigenvalue weighted by Gasteiger charge is -2.20. The first kappa shape index (κ1) is 55.2. The largest absolute Gasteiger partial charge is 0.480 e. The van der Waals surface area contributed by atoms with Gasteiger partial charge in [-0.05, 0) is 129 Å². The van der Waals surface area contributed by atoms with Crippen molar-refractivity contribution in [2.45, 2.75) is 103 Å². The number of halogens is 3. The molecule has 3 aromatic carbocycles. The predicted molar refractivity (Wildman–Crippen MR) is 238 cm³/mol.